The van der Waals surface area contributed by atoms with Gasteiger partial charge < -0.3 is 21.1 Å². The van der Waals surface area contributed by atoms with Gasteiger partial charge in [-0.3, -0.25) is 18.2 Å². The minimum atomic E-state index is -5.36. The molecule has 0 unspecified atom stereocenters. The Morgan fingerprint density at radius 1 is 0.569 bits per heavy atom. The maximum absolute atomic E-state index is 12.5. The summed E-state index contributed by atoms with van der Waals surface area (Å²) in [5.41, 5.74) is 4.44. The Morgan fingerprint density at radius 3 is 1.75 bits per heavy atom. The normalized spacial score (nSPS) is 13.2. The fraction of sp³-hybridized carbons (Fsp3) is 0.0370. The summed E-state index contributed by atoms with van der Waals surface area (Å²) in [6, 6.07) is 8.09. The first-order valence-corrected chi connectivity index (χ1v) is 19.1. The lowest BCUT2D eigenvalue weighted by Crippen LogP contribution is -2.03. The van der Waals surface area contributed by atoms with Crippen molar-refractivity contribution in [2.45, 2.75) is 26.5 Å². The summed E-state index contributed by atoms with van der Waals surface area (Å²) in [4.78, 5) is -4.59. The molecular weight excluding hydrogens is 763 g/mol. The maximum atomic E-state index is 12.5. The van der Waals surface area contributed by atoms with E-state index < -0.39 is 116 Å². The molecule has 0 heterocycles. The number of phenolic OH excluding ortho intramolecular Hbond substituents is 3. The SMILES string of the molecule is Cc1cc(N)ccc1N=Nc1cc(S(=O)(=O)O)c2c(O)c(N=Nc3c(O)c(S(=O)(=O)O)cc4cc(S(=O)(=O)O)cc(O)c34)cc(S(=O)(=O)O)c2c1. The zero-order chi connectivity index (χ0) is 38.0. The highest BCUT2D eigenvalue weighted by atomic mass is 32.2. The monoisotopic (exact) mass is 783 g/mol. The molecule has 0 saturated heterocycles. The summed E-state index contributed by atoms with van der Waals surface area (Å²) in [5, 5.41) is 44.4. The minimum Gasteiger partial charge on any atom is -0.507 e. The molecular formula is C27H21N5O15S4. The Bertz CT molecular complexity index is 2860. The molecule has 5 aromatic rings. The second-order valence-electron chi connectivity index (χ2n) is 10.6. The smallest absolute Gasteiger partial charge is 0.298 e. The molecule has 0 spiro atoms. The van der Waals surface area contributed by atoms with Crippen molar-refractivity contribution in [1.82, 2.24) is 0 Å². The third-order valence-electron chi connectivity index (χ3n) is 7.09. The van der Waals surface area contributed by atoms with Crippen molar-refractivity contribution in [3.05, 3.63) is 60.2 Å². The summed E-state index contributed by atoms with van der Waals surface area (Å²) >= 11 is 0. The van der Waals surface area contributed by atoms with Crippen molar-refractivity contribution < 1.29 is 67.2 Å². The van der Waals surface area contributed by atoms with E-state index in [-0.39, 0.29) is 5.69 Å². The molecule has 51 heavy (non-hydrogen) atoms. The minimum absolute atomic E-state index is 0.250. The fourth-order valence-electron chi connectivity index (χ4n) is 4.88. The Labute approximate surface area is 286 Å². The van der Waals surface area contributed by atoms with Crippen LogP contribution in [0.15, 0.2) is 94.6 Å². The molecule has 0 bridgehead atoms. The molecule has 5 rings (SSSR count). The number of aryl methyl sites for hydroxylation is 1. The molecule has 0 aliphatic carbocycles. The molecule has 0 radical (unpaired) electrons. The summed E-state index contributed by atoms with van der Waals surface area (Å²) in [7, 11) is -21.1. The second-order valence-corrected chi connectivity index (χ2v) is 16.2. The van der Waals surface area contributed by atoms with E-state index >= 15 is 0 Å². The van der Waals surface area contributed by atoms with Crippen LogP contribution in [-0.2, 0) is 40.5 Å². The van der Waals surface area contributed by atoms with E-state index in [1.165, 1.54) is 12.1 Å². The molecule has 24 heteroatoms. The van der Waals surface area contributed by atoms with Crippen LogP contribution >= 0.6 is 0 Å². The van der Waals surface area contributed by atoms with Crippen molar-refractivity contribution in [2.24, 2.45) is 20.5 Å². The van der Waals surface area contributed by atoms with Gasteiger partial charge in [0, 0.05) is 22.5 Å². The largest absolute Gasteiger partial charge is 0.507 e. The molecule has 20 nitrogen and oxygen atoms in total. The van der Waals surface area contributed by atoms with Gasteiger partial charge >= 0.3 is 0 Å². The average Bonchev–Trinajstić information content (AvgIpc) is 2.98. The number of azo groups is 2. The molecule has 0 aromatic heterocycles. The first kappa shape index (κ1) is 36.9. The number of rotatable bonds is 8. The van der Waals surface area contributed by atoms with Crippen molar-refractivity contribution >= 4 is 90.5 Å². The summed E-state index contributed by atoms with van der Waals surface area (Å²) in [6.45, 7) is 1.62. The van der Waals surface area contributed by atoms with Crippen molar-refractivity contribution in [2.75, 3.05) is 5.73 Å². The van der Waals surface area contributed by atoms with Crippen LogP contribution in [0.5, 0.6) is 17.2 Å². The second kappa shape index (κ2) is 12.5. The highest BCUT2D eigenvalue weighted by molar-refractivity contribution is 7.87. The number of aromatic hydroxyl groups is 3. The van der Waals surface area contributed by atoms with E-state index in [0.717, 1.165) is 6.07 Å². The molecule has 9 N–H and O–H groups in total. The molecule has 0 fully saturated rings. The van der Waals surface area contributed by atoms with Crippen molar-refractivity contribution in [1.29, 1.82) is 0 Å². The van der Waals surface area contributed by atoms with E-state index in [2.05, 4.69) is 20.5 Å². The first-order chi connectivity index (χ1) is 23.4. The van der Waals surface area contributed by atoms with Crippen LogP contribution in [0.2, 0.25) is 0 Å². The zero-order valence-electron chi connectivity index (χ0n) is 25.1. The van der Waals surface area contributed by atoms with E-state index in [0.29, 0.717) is 41.6 Å². The van der Waals surface area contributed by atoms with Crippen molar-refractivity contribution in [3.63, 3.8) is 0 Å². The van der Waals surface area contributed by atoms with Gasteiger partial charge in [0.2, 0.25) is 0 Å². The fourth-order valence-corrected chi connectivity index (χ4v) is 7.46. The van der Waals surface area contributed by atoms with E-state index in [1.54, 1.807) is 13.0 Å². The third kappa shape index (κ3) is 7.28. The van der Waals surface area contributed by atoms with Crippen molar-refractivity contribution in [3.8, 4) is 17.2 Å². The number of nitrogens with two attached hydrogens (primary N) is 1. The molecule has 0 amide bonds. The Hall–Kier alpha value is -5.34. The molecule has 0 aliphatic rings. The van der Waals surface area contributed by atoms with Crippen LogP contribution in [0.1, 0.15) is 5.56 Å². The molecule has 268 valence electrons. The summed E-state index contributed by atoms with van der Waals surface area (Å²) in [5.74, 6) is -3.69. The maximum Gasteiger partial charge on any atom is 0.298 e. The number of phenols is 3. The van der Waals surface area contributed by atoms with Gasteiger partial charge in [-0.25, -0.2) is 0 Å². The summed E-state index contributed by atoms with van der Waals surface area (Å²) in [6.07, 6.45) is 0. The predicted molar refractivity (Wildman–Crippen MR) is 176 cm³/mol. The molecule has 0 saturated carbocycles. The number of nitrogens with zero attached hydrogens (tertiary/aromatic N) is 4. The first-order valence-electron chi connectivity index (χ1n) is 13.3. The van der Waals surface area contributed by atoms with Gasteiger partial charge in [0.25, 0.3) is 40.5 Å². The van der Waals surface area contributed by atoms with E-state index in [9.17, 15) is 67.2 Å². The molecule has 0 aliphatic heterocycles. The highest BCUT2D eigenvalue weighted by Gasteiger charge is 2.28. The standard InChI is InChI=1S/C27H21N5O15S4/c1-11-4-13(28)2-3-17(11)30-29-14-7-16-20(49(39,40)41)10-18(26(34)24(16)21(8-14)50(42,43)44)31-32-25-23-12(6-22(27(25)35)51(45,46)47)5-15(9-19(23)33)48(36,37)38/h2-10,33-35H,28H2,1H3,(H,36,37,38)(H,39,40,41)(H,42,43,44)(H,45,46,47). The van der Waals surface area contributed by atoms with Crippen LogP contribution in [-0.4, -0.2) is 67.2 Å². The van der Waals surface area contributed by atoms with Gasteiger partial charge in [0.1, 0.15) is 31.8 Å². The number of nitrogen functional groups attached to an aromatic ring is 1. The number of fused-ring (bicyclic) bond motifs is 2. The zero-order valence-corrected chi connectivity index (χ0v) is 28.4. The van der Waals surface area contributed by atoms with Crippen LogP contribution in [0, 0.1) is 6.92 Å². The topological polar surface area (TPSA) is 354 Å². The van der Waals surface area contributed by atoms with Gasteiger partial charge in [0.05, 0.1) is 21.7 Å². The Morgan fingerprint density at radius 2 is 1.18 bits per heavy atom. The Balaban J connectivity index is 1.83. The van der Waals surface area contributed by atoms with Gasteiger partial charge in [-0.05, 0) is 66.4 Å². The number of hydrogen-bond donors (Lipinski definition) is 8. The van der Waals surface area contributed by atoms with Crippen LogP contribution in [0.3, 0.4) is 0 Å². The van der Waals surface area contributed by atoms with Gasteiger partial charge in [-0.15, -0.1) is 10.2 Å². The number of hydrogen-bond acceptors (Lipinski definition) is 16. The molecule has 0 atom stereocenters. The predicted octanol–water partition coefficient (Wildman–Crippen LogP) is 4.82. The van der Waals surface area contributed by atoms with Crippen LogP contribution < -0.4 is 5.73 Å². The number of anilines is 1. The average molecular weight is 784 g/mol. The van der Waals surface area contributed by atoms with Crippen LogP contribution in [0.25, 0.3) is 21.5 Å². The third-order valence-corrected chi connectivity index (χ3v) is 10.6. The van der Waals surface area contributed by atoms with Crippen LogP contribution in [0.4, 0.5) is 28.4 Å². The van der Waals surface area contributed by atoms with Gasteiger partial charge in [-0.2, -0.15) is 43.9 Å². The van der Waals surface area contributed by atoms with Gasteiger partial charge in [-0.1, -0.05) is 0 Å². The summed E-state index contributed by atoms with van der Waals surface area (Å²) < 4.78 is 137. The quantitative estimate of drug-likeness (QED) is 0.0594. The van der Waals surface area contributed by atoms with E-state index in [4.69, 9.17) is 5.73 Å². The Kier molecular flexibility index (Phi) is 9.02. The van der Waals surface area contributed by atoms with E-state index in [1.807, 2.05) is 0 Å². The van der Waals surface area contributed by atoms with Gasteiger partial charge in [0.15, 0.2) is 11.5 Å². The number of benzene rings is 5. The lowest BCUT2D eigenvalue weighted by atomic mass is 10.1. The lowest BCUT2D eigenvalue weighted by Gasteiger charge is -2.13. The molecule has 5 aromatic carbocycles. The highest BCUT2D eigenvalue weighted by Crippen LogP contribution is 2.48. The lowest BCUT2D eigenvalue weighted by molar-refractivity contribution is 0.443.